The molecule has 0 heterocycles. The highest BCUT2D eigenvalue weighted by atomic mass is 127. The van der Waals surface area contributed by atoms with Crippen molar-refractivity contribution in [1.82, 2.24) is 0 Å². The van der Waals surface area contributed by atoms with Crippen LogP contribution in [0.25, 0.3) is 0 Å². The van der Waals surface area contributed by atoms with E-state index in [0.717, 1.165) is 13.4 Å². The fraction of sp³-hybridized carbons (Fsp3) is 0.200. The van der Waals surface area contributed by atoms with Gasteiger partial charge in [-0.15, -0.1) is 0 Å². The minimum atomic E-state index is -3.78. The van der Waals surface area contributed by atoms with Gasteiger partial charge in [-0.1, -0.05) is 0 Å². The Hall–Kier alpha value is 0.300. The van der Waals surface area contributed by atoms with E-state index < -0.39 is 28.5 Å². The quantitative estimate of drug-likeness (QED) is 0.164. The van der Waals surface area contributed by atoms with E-state index in [4.69, 9.17) is 4.74 Å². The summed E-state index contributed by atoms with van der Waals surface area (Å²) in [6.07, 6.45) is 0.789. The van der Waals surface area contributed by atoms with Crippen LogP contribution in [0.2, 0.25) is 0 Å². The third kappa shape index (κ3) is 5.97. The summed E-state index contributed by atoms with van der Waals surface area (Å²) in [4.78, 5) is 11.9. The van der Waals surface area contributed by atoms with Crippen molar-refractivity contribution in [1.29, 1.82) is 0 Å². The van der Waals surface area contributed by atoms with Crippen LogP contribution in [0.4, 0.5) is 0 Å². The highest BCUT2D eigenvalue weighted by Gasteiger charge is 2.15. The van der Waals surface area contributed by atoms with Gasteiger partial charge in [-0.3, -0.25) is 0 Å². The Morgan fingerprint density at radius 3 is 2.50 bits per heavy atom. The Morgan fingerprint density at radius 1 is 1.35 bits per heavy atom. The molecular formula is C10H7I3NO5S-. The molecule has 0 unspecified atom stereocenters. The molecular weight excluding hydrogens is 627 g/mol. The van der Waals surface area contributed by atoms with Gasteiger partial charge >= 0.3 is 5.97 Å². The first kappa shape index (κ1) is 18.3. The van der Waals surface area contributed by atoms with Crippen LogP contribution in [-0.4, -0.2) is 33.1 Å². The van der Waals surface area contributed by atoms with Gasteiger partial charge in [-0.25, -0.2) is 13.2 Å². The normalized spacial score (nSPS) is 12.3. The molecule has 0 radical (unpaired) electrons. The number of benzene rings is 1. The second-order valence-electron chi connectivity index (χ2n) is 3.54. The van der Waals surface area contributed by atoms with Gasteiger partial charge in [0, 0.05) is 16.6 Å². The number of hydrogen-bond donors (Lipinski definition) is 0. The summed E-state index contributed by atoms with van der Waals surface area (Å²) in [5, 5.41) is 11.2. The van der Waals surface area contributed by atoms with Crippen LogP contribution >= 0.6 is 67.8 Å². The van der Waals surface area contributed by atoms with Crippen molar-refractivity contribution in [2.45, 2.75) is 0 Å². The minimum Gasteiger partial charge on any atom is -0.859 e. The van der Waals surface area contributed by atoms with Gasteiger partial charge in [0.15, 0.2) is 0 Å². The van der Waals surface area contributed by atoms with Crippen LogP contribution < -0.4 is 5.11 Å². The second kappa shape index (κ2) is 7.53. The monoisotopic (exact) mass is 634 g/mol. The van der Waals surface area contributed by atoms with Gasteiger partial charge in [0.2, 0.25) is 10.0 Å². The summed E-state index contributed by atoms with van der Waals surface area (Å²) < 4.78 is 31.6. The molecule has 20 heavy (non-hydrogen) atoms. The van der Waals surface area contributed by atoms with E-state index in [9.17, 15) is 18.3 Å². The maximum Gasteiger partial charge on any atom is 0.339 e. The maximum atomic E-state index is 11.9. The van der Waals surface area contributed by atoms with Crippen molar-refractivity contribution in [3.63, 3.8) is 0 Å². The molecule has 0 aliphatic rings. The maximum absolute atomic E-state index is 11.9. The molecule has 6 nitrogen and oxygen atoms in total. The first-order valence-electron chi connectivity index (χ1n) is 4.87. The predicted octanol–water partition coefficient (Wildman–Crippen LogP) is 1.38. The van der Waals surface area contributed by atoms with E-state index in [2.05, 4.69) is 49.6 Å². The Kier molecular flexibility index (Phi) is 6.91. The van der Waals surface area contributed by atoms with Gasteiger partial charge in [-0.2, -0.15) is 4.40 Å². The lowest BCUT2D eigenvalue weighted by molar-refractivity contribution is -0.221. The lowest BCUT2D eigenvalue weighted by Gasteiger charge is -2.12. The van der Waals surface area contributed by atoms with E-state index in [0.29, 0.717) is 9.13 Å². The third-order valence-corrected chi connectivity index (χ3v) is 6.01. The van der Waals surface area contributed by atoms with E-state index in [-0.39, 0.29) is 0 Å². The number of carbonyl (C=O) groups excluding carboxylic acids is 1. The Balaban J connectivity index is 2.86. The number of nitrogens with zero attached hydrogens (tertiary/aromatic N) is 1. The molecule has 0 saturated heterocycles. The summed E-state index contributed by atoms with van der Waals surface area (Å²) in [5.74, 6) is -1.71. The fourth-order valence-corrected chi connectivity index (χ4v) is 3.92. The fourth-order valence-electron chi connectivity index (χ4n) is 1.12. The van der Waals surface area contributed by atoms with E-state index in [1.165, 1.54) is 0 Å². The van der Waals surface area contributed by atoms with E-state index in [1.807, 2.05) is 28.7 Å². The number of esters is 1. The van der Waals surface area contributed by atoms with Crippen LogP contribution in [0.15, 0.2) is 16.5 Å². The van der Waals surface area contributed by atoms with Crippen LogP contribution in [-0.2, 0) is 14.8 Å². The molecule has 0 spiro atoms. The smallest absolute Gasteiger partial charge is 0.339 e. The zero-order chi connectivity index (χ0) is 15.5. The number of ether oxygens (including phenoxy) is 1. The molecule has 1 rings (SSSR count). The first-order valence-corrected chi connectivity index (χ1v) is 9.96. The van der Waals surface area contributed by atoms with Crippen molar-refractivity contribution in [2.24, 2.45) is 4.40 Å². The standard InChI is InChI=1S/C10H8I3NO5S/c1-20(17,18)14-8(15)4-19-10(16)6-2-5(11)3-7(12)9(6)13/h2-3H,4H2,1H3,(H,14,15)/p-1. The molecule has 0 N–H and O–H groups in total. The second-order valence-corrected chi connectivity index (χ2v) is 8.68. The number of halogens is 3. The van der Waals surface area contributed by atoms with Gasteiger partial charge < -0.3 is 9.84 Å². The molecule has 0 amide bonds. The highest BCUT2D eigenvalue weighted by Crippen LogP contribution is 2.23. The van der Waals surface area contributed by atoms with Crippen LogP contribution in [0, 0.1) is 10.7 Å². The summed E-state index contributed by atoms with van der Waals surface area (Å²) in [5.41, 5.74) is 0.328. The Labute approximate surface area is 156 Å². The predicted molar refractivity (Wildman–Crippen MR) is 97.2 cm³/mol. The molecule has 0 atom stereocenters. The topological polar surface area (TPSA) is 95.9 Å². The number of sulfonamides is 1. The minimum absolute atomic E-state index is 0.328. The van der Waals surface area contributed by atoms with Gasteiger partial charge in [-0.05, 0) is 79.9 Å². The van der Waals surface area contributed by atoms with Crippen molar-refractivity contribution in [3.05, 3.63) is 28.4 Å². The summed E-state index contributed by atoms with van der Waals surface area (Å²) in [6.45, 7) is -0.704. The largest absolute Gasteiger partial charge is 0.859 e. The Morgan fingerprint density at radius 2 is 1.95 bits per heavy atom. The summed E-state index contributed by atoms with van der Waals surface area (Å²) >= 11 is 6.14. The summed E-state index contributed by atoms with van der Waals surface area (Å²) in [6, 6.07) is 3.52. The van der Waals surface area contributed by atoms with E-state index in [1.54, 1.807) is 6.07 Å². The molecule has 0 saturated carbocycles. The first-order chi connectivity index (χ1) is 9.10. The average molecular weight is 634 g/mol. The zero-order valence-corrected chi connectivity index (χ0v) is 17.2. The van der Waals surface area contributed by atoms with E-state index >= 15 is 0 Å². The van der Waals surface area contributed by atoms with Gasteiger partial charge in [0.05, 0.1) is 11.8 Å². The molecule has 0 bridgehead atoms. The Bertz CT molecular complexity index is 672. The van der Waals surface area contributed by atoms with Crippen LogP contribution in [0.5, 0.6) is 0 Å². The van der Waals surface area contributed by atoms with Gasteiger partial charge in [0.1, 0.15) is 6.61 Å². The van der Waals surface area contributed by atoms with Crippen molar-refractivity contribution < 1.29 is 23.1 Å². The molecule has 1 aromatic rings. The SMILES string of the molecule is CS(=O)(=O)/N=C(\[O-])COC(=O)c1cc(I)cc(I)c1I. The van der Waals surface area contributed by atoms with Crippen LogP contribution in [0.1, 0.15) is 10.4 Å². The zero-order valence-electron chi connectivity index (χ0n) is 9.89. The lowest BCUT2D eigenvalue weighted by Crippen LogP contribution is -2.27. The number of carbonyl (C=O) groups is 1. The number of hydrogen-bond acceptors (Lipinski definition) is 5. The molecule has 0 fully saturated rings. The average Bonchev–Trinajstić information content (AvgIpc) is 2.28. The lowest BCUT2D eigenvalue weighted by atomic mass is 10.2. The highest BCUT2D eigenvalue weighted by molar-refractivity contribution is 14.1. The molecule has 0 aromatic heterocycles. The van der Waals surface area contributed by atoms with Crippen molar-refractivity contribution in [2.75, 3.05) is 12.9 Å². The van der Waals surface area contributed by atoms with Crippen LogP contribution in [0.3, 0.4) is 0 Å². The molecule has 0 aliphatic carbocycles. The molecule has 110 valence electrons. The number of rotatable bonds is 4. The van der Waals surface area contributed by atoms with Crippen molar-refractivity contribution >= 4 is 89.7 Å². The summed E-state index contributed by atoms with van der Waals surface area (Å²) in [7, 11) is -3.78. The third-order valence-electron chi connectivity index (χ3n) is 1.81. The molecule has 0 aliphatic heterocycles. The molecule has 10 heteroatoms. The van der Waals surface area contributed by atoms with Gasteiger partial charge in [0.25, 0.3) is 0 Å². The molecule has 1 aromatic carbocycles. The van der Waals surface area contributed by atoms with Crippen molar-refractivity contribution in [3.8, 4) is 0 Å².